The number of nitrogens with two attached hydrogens (primary N) is 1. The van der Waals surface area contributed by atoms with Gasteiger partial charge in [-0.25, -0.2) is 9.59 Å². The normalized spacial score (nSPS) is 10.7. The Hall–Kier alpha value is -3.29. The van der Waals surface area contributed by atoms with E-state index in [9.17, 15) is 24.6 Å². The molecule has 0 amide bonds. The number of hydrogen-bond donors (Lipinski definition) is 4. The lowest BCUT2D eigenvalue weighted by Gasteiger charge is -2.14. The Morgan fingerprint density at radius 2 is 1.84 bits per heavy atom. The van der Waals surface area contributed by atoms with Crippen LogP contribution in [-0.2, 0) is 0 Å². The van der Waals surface area contributed by atoms with Gasteiger partial charge >= 0.3 is 11.9 Å². The van der Waals surface area contributed by atoms with Crippen molar-refractivity contribution in [3.63, 3.8) is 0 Å². The summed E-state index contributed by atoms with van der Waals surface area (Å²) in [6, 6.07) is 6.22. The second kappa shape index (κ2) is 7.08. The van der Waals surface area contributed by atoms with Crippen molar-refractivity contribution in [2.45, 2.75) is 13.8 Å². The summed E-state index contributed by atoms with van der Waals surface area (Å²) in [6.45, 7) is 4.36. The molecular formula is C17H18N2O6. The molecule has 2 aromatic rings. The quantitative estimate of drug-likeness (QED) is 0.627. The van der Waals surface area contributed by atoms with Gasteiger partial charge in [0.25, 0.3) is 5.56 Å². The summed E-state index contributed by atoms with van der Waals surface area (Å²) in [6.07, 6.45) is 0. The number of hydrogen-bond acceptors (Lipinski definition) is 5. The maximum absolute atomic E-state index is 12.0. The molecule has 0 aliphatic heterocycles. The Bertz CT molecular complexity index is 885. The van der Waals surface area contributed by atoms with E-state index in [0.29, 0.717) is 12.4 Å². The summed E-state index contributed by atoms with van der Waals surface area (Å²) in [5.41, 5.74) is 3.43. The topological polar surface area (TPSA) is 143 Å². The highest BCUT2D eigenvalue weighted by Gasteiger charge is 2.26. The third-order valence-electron chi connectivity index (χ3n) is 3.38. The van der Waals surface area contributed by atoms with Gasteiger partial charge in [0.2, 0.25) is 0 Å². The van der Waals surface area contributed by atoms with Crippen molar-refractivity contribution < 1.29 is 24.5 Å². The standard InChI is InChI=1S/C17H18N2O6/c1-8(2)7-25-10-5-3-4-9(6-10)11-12(16(21)22)14(18)19-15(20)13(11)17(23)24/h3-6,8H,7H2,1-2H3,(H,21,22)(H,23,24)(H3,18,19,20). The highest BCUT2D eigenvalue weighted by Crippen LogP contribution is 2.31. The molecule has 2 rings (SSSR count). The number of aromatic carboxylic acids is 2. The van der Waals surface area contributed by atoms with E-state index >= 15 is 0 Å². The SMILES string of the molecule is CC(C)COc1cccc(-c2c(C(=O)O)c(N)[nH]c(=O)c2C(=O)O)c1. The molecule has 0 bridgehead atoms. The van der Waals surface area contributed by atoms with Gasteiger partial charge in [0.15, 0.2) is 0 Å². The van der Waals surface area contributed by atoms with Crippen molar-refractivity contribution in [3.05, 3.63) is 45.7 Å². The van der Waals surface area contributed by atoms with Gasteiger partial charge in [-0.3, -0.25) is 4.79 Å². The number of carbonyl (C=O) groups is 2. The third kappa shape index (κ3) is 3.79. The molecule has 0 radical (unpaired) electrons. The lowest BCUT2D eigenvalue weighted by atomic mass is 9.95. The van der Waals surface area contributed by atoms with Crippen LogP contribution >= 0.6 is 0 Å². The Labute approximate surface area is 142 Å². The zero-order valence-electron chi connectivity index (χ0n) is 13.7. The van der Waals surface area contributed by atoms with E-state index in [4.69, 9.17) is 10.5 Å². The molecule has 8 heteroatoms. The van der Waals surface area contributed by atoms with Gasteiger partial charge in [0, 0.05) is 5.56 Å². The summed E-state index contributed by atoms with van der Waals surface area (Å²) in [5, 5.41) is 18.8. The summed E-state index contributed by atoms with van der Waals surface area (Å²) < 4.78 is 5.58. The first-order valence-electron chi connectivity index (χ1n) is 7.48. The van der Waals surface area contributed by atoms with Crippen molar-refractivity contribution in [2.24, 2.45) is 5.92 Å². The van der Waals surface area contributed by atoms with Gasteiger partial charge in [-0.15, -0.1) is 0 Å². The number of H-pyrrole nitrogens is 1. The lowest BCUT2D eigenvalue weighted by Crippen LogP contribution is -2.24. The van der Waals surface area contributed by atoms with E-state index in [1.165, 1.54) is 12.1 Å². The van der Waals surface area contributed by atoms with Crippen molar-refractivity contribution in [1.82, 2.24) is 4.98 Å². The molecule has 0 aliphatic rings. The number of aromatic amines is 1. The molecule has 5 N–H and O–H groups in total. The van der Waals surface area contributed by atoms with E-state index in [-0.39, 0.29) is 17.0 Å². The molecule has 1 heterocycles. The minimum absolute atomic E-state index is 0.217. The third-order valence-corrected chi connectivity index (χ3v) is 3.38. The first kappa shape index (κ1) is 18.1. The molecule has 0 saturated heterocycles. The summed E-state index contributed by atoms with van der Waals surface area (Å²) >= 11 is 0. The van der Waals surface area contributed by atoms with Crippen LogP contribution in [0.1, 0.15) is 34.6 Å². The Kier molecular flexibility index (Phi) is 5.11. The number of anilines is 1. The number of carboxylic acid groups (broad SMARTS) is 2. The number of carboxylic acids is 2. The van der Waals surface area contributed by atoms with Crippen LogP contribution in [-0.4, -0.2) is 33.7 Å². The molecule has 8 nitrogen and oxygen atoms in total. The van der Waals surface area contributed by atoms with Crippen molar-refractivity contribution in [2.75, 3.05) is 12.3 Å². The van der Waals surface area contributed by atoms with Crippen LogP contribution in [0, 0.1) is 5.92 Å². The fraction of sp³-hybridized carbons (Fsp3) is 0.235. The zero-order valence-corrected chi connectivity index (χ0v) is 13.7. The van der Waals surface area contributed by atoms with E-state index < -0.39 is 34.4 Å². The van der Waals surface area contributed by atoms with Crippen LogP contribution in [0.2, 0.25) is 0 Å². The van der Waals surface area contributed by atoms with Gasteiger partial charge in [-0.1, -0.05) is 26.0 Å². The minimum Gasteiger partial charge on any atom is -0.493 e. The van der Waals surface area contributed by atoms with Crippen LogP contribution in [0.3, 0.4) is 0 Å². The fourth-order valence-electron chi connectivity index (χ4n) is 2.34. The van der Waals surface area contributed by atoms with Crippen LogP contribution in [0.4, 0.5) is 5.82 Å². The van der Waals surface area contributed by atoms with Crippen molar-refractivity contribution in [1.29, 1.82) is 0 Å². The fourth-order valence-corrected chi connectivity index (χ4v) is 2.34. The molecule has 0 saturated carbocycles. The van der Waals surface area contributed by atoms with Gasteiger partial charge in [-0.05, 0) is 23.6 Å². The summed E-state index contributed by atoms with van der Waals surface area (Å²) in [5.74, 6) is -2.71. The maximum atomic E-state index is 12.0. The lowest BCUT2D eigenvalue weighted by molar-refractivity contribution is 0.0695. The largest absolute Gasteiger partial charge is 0.493 e. The molecule has 0 atom stereocenters. The van der Waals surface area contributed by atoms with Crippen LogP contribution < -0.4 is 16.0 Å². The Morgan fingerprint density at radius 1 is 1.20 bits per heavy atom. The molecule has 0 fully saturated rings. The van der Waals surface area contributed by atoms with E-state index in [1.807, 2.05) is 13.8 Å². The second-order valence-electron chi connectivity index (χ2n) is 5.84. The van der Waals surface area contributed by atoms with Crippen LogP contribution in [0.25, 0.3) is 11.1 Å². The van der Waals surface area contributed by atoms with Gasteiger partial charge in [0.1, 0.15) is 22.7 Å². The van der Waals surface area contributed by atoms with Crippen molar-refractivity contribution >= 4 is 17.8 Å². The molecule has 0 unspecified atom stereocenters. The van der Waals surface area contributed by atoms with E-state index in [0.717, 1.165) is 0 Å². The second-order valence-corrected chi connectivity index (χ2v) is 5.84. The average Bonchev–Trinajstić information content (AvgIpc) is 2.51. The maximum Gasteiger partial charge on any atom is 0.342 e. The molecule has 25 heavy (non-hydrogen) atoms. The van der Waals surface area contributed by atoms with Crippen LogP contribution in [0.5, 0.6) is 5.75 Å². The highest BCUT2D eigenvalue weighted by molar-refractivity contribution is 6.07. The molecule has 0 aliphatic carbocycles. The first-order valence-corrected chi connectivity index (χ1v) is 7.48. The monoisotopic (exact) mass is 346 g/mol. The first-order chi connectivity index (χ1) is 11.7. The molecule has 132 valence electrons. The Morgan fingerprint density at radius 3 is 2.40 bits per heavy atom. The number of ether oxygens (including phenoxy) is 1. The molecule has 1 aromatic heterocycles. The van der Waals surface area contributed by atoms with E-state index in [1.54, 1.807) is 12.1 Å². The number of nitrogen functional groups attached to an aromatic ring is 1. The smallest absolute Gasteiger partial charge is 0.342 e. The molecule has 1 aromatic carbocycles. The van der Waals surface area contributed by atoms with Crippen molar-refractivity contribution in [3.8, 4) is 16.9 Å². The van der Waals surface area contributed by atoms with E-state index in [2.05, 4.69) is 4.98 Å². The number of pyridine rings is 1. The zero-order chi connectivity index (χ0) is 18.7. The summed E-state index contributed by atoms with van der Waals surface area (Å²) in [7, 11) is 0. The predicted molar refractivity (Wildman–Crippen MR) is 91.2 cm³/mol. The number of aromatic nitrogens is 1. The predicted octanol–water partition coefficient (Wildman–Crippen LogP) is 2.06. The minimum atomic E-state index is -1.55. The number of benzene rings is 1. The average molecular weight is 346 g/mol. The summed E-state index contributed by atoms with van der Waals surface area (Å²) in [4.78, 5) is 37.2. The van der Waals surface area contributed by atoms with Crippen LogP contribution in [0.15, 0.2) is 29.1 Å². The Balaban J connectivity index is 2.73. The van der Waals surface area contributed by atoms with Gasteiger partial charge in [0.05, 0.1) is 6.61 Å². The van der Waals surface area contributed by atoms with Gasteiger partial charge < -0.3 is 25.7 Å². The number of rotatable bonds is 6. The van der Waals surface area contributed by atoms with Gasteiger partial charge in [-0.2, -0.15) is 0 Å². The highest BCUT2D eigenvalue weighted by atomic mass is 16.5. The molecule has 0 spiro atoms. The molecular weight excluding hydrogens is 328 g/mol. The number of nitrogens with one attached hydrogen (secondary N) is 1.